The molecule has 9 heteroatoms. The molecule has 2 aromatic carbocycles. The van der Waals surface area contributed by atoms with E-state index in [-0.39, 0.29) is 16.5 Å². The second kappa shape index (κ2) is 9.60. The van der Waals surface area contributed by atoms with E-state index in [1.807, 2.05) is 0 Å². The Labute approximate surface area is 161 Å². The van der Waals surface area contributed by atoms with E-state index in [0.29, 0.717) is 24.5 Å². The smallest absolute Gasteiger partial charge is 0.292 e. The molecule has 1 amide bonds. The highest BCUT2D eigenvalue weighted by atomic mass is 32.1. The maximum Gasteiger partial charge on any atom is 0.292 e. The van der Waals surface area contributed by atoms with Crippen LogP contribution in [-0.2, 0) is 4.74 Å². The van der Waals surface area contributed by atoms with Crippen molar-refractivity contribution in [3.05, 3.63) is 63.7 Å². The lowest BCUT2D eigenvalue weighted by atomic mass is 10.2. The largest absolute Gasteiger partial charge is 0.491 e. The molecule has 0 heterocycles. The van der Waals surface area contributed by atoms with Crippen molar-refractivity contribution in [3.8, 4) is 5.75 Å². The molecule has 8 nitrogen and oxygen atoms in total. The Kier molecular flexibility index (Phi) is 7.21. The highest BCUT2D eigenvalue weighted by molar-refractivity contribution is 7.80. The van der Waals surface area contributed by atoms with E-state index in [1.54, 1.807) is 44.4 Å². The van der Waals surface area contributed by atoms with Crippen molar-refractivity contribution in [3.63, 3.8) is 0 Å². The molecule has 0 atom stereocenters. The Bertz CT molecular complexity index is 839. The Balaban J connectivity index is 1.98. The number of amides is 1. The summed E-state index contributed by atoms with van der Waals surface area (Å²) in [5.41, 5.74) is 1.20. The number of hydrogen-bond acceptors (Lipinski definition) is 6. The Morgan fingerprint density at radius 3 is 2.52 bits per heavy atom. The number of benzene rings is 2. The van der Waals surface area contributed by atoms with Crippen LogP contribution in [0.25, 0.3) is 0 Å². The Morgan fingerprint density at radius 1 is 1.19 bits per heavy atom. The average Bonchev–Trinajstić information content (AvgIpc) is 2.63. The number of carbonyl (C=O) groups excluding carboxylic acids is 1. The van der Waals surface area contributed by atoms with Crippen LogP contribution in [0.4, 0.5) is 11.4 Å². The number of nitrogens with one attached hydrogen (secondary N) is 2. The molecule has 0 spiro atoms. The number of hydrogen-bond donors (Lipinski definition) is 2. The van der Waals surface area contributed by atoms with E-state index in [0.717, 1.165) is 5.56 Å². The van der Waals surface area contributed by atoms with Gasteiger partial charge in [0.15, 0.2) is 5.11 Å². The first-order valence-corrected chi connectivity index (χ1v) is 8.40. The Hall–Kier alpha value is -3.04. The van der Waals surface area contributed by atoms with Gasteiger partial charge < -0.3 is 14.8 Å². The van der Waals surface area contributed by atoms with Crippen molar-refractivity contribution in [1.29, 1.82) is 0 Å². The molecule has 0 aromatic heterocycles. The summed E-state index contributed by atoms with van der Waals surface area (Å²) in [5, 5.41) is 16.3. The molecule has 0 unspecified atom stereocenters. The van der Waals surface area contributed by atoms with Gasteiger partial charge in [0.1, 0.15) is 18.0 Å². The molecule has 2 aromatic rings. The summed E-state index contributed by atoms with van der Waals surface area (Å²) in [5.74, 6) is 0.172. The predicted molar refractivity (Wildman–Crippen MR) is 105 cm³/mol. The maximum absolute atomic E-state index is 12.3. The summed E-state index contributed by atoms with van der Waals surface area (Å²) in [6.45, 7) is 2.62. The van der Waals surface area contributed by atoms with E-state index in [1.165, 1.54) is 12.1 Å². The van der Waals surface area contributed by atoms with E-state index in [4.69, 9.17) is 21.7 Å². The first-order valence-electron chi connectivity index (χ1n) is 8.00. The zero-order chi connectivity index (χ0) is 19.8. The maximum atomic E-state index is 12.3. The molecule has 0 bridgehead atoms. The highest BCUT2D eigenvalue weighted by Gasteiger charge is 2.16. The second-order valence-electron chi connectivity index (χ2n) is 5.55. The first-order chi connectivity index (χ1) is 12.9. The molecule has 0 fully saturated rings. The van der Waals surface area contributed by atoms with E-state index in [2.05, 4.69) is 10.6 Å². The monoisotopic (exact) mass is 389 g/mol. The lowest BCUT2D eigenvalue weighted by Gasteiger charge is -2.11. The summed E-state index contributed by atoms with van der Waals surface area (Å²) >= 11 is 5.08. The molecule has 0 saturated carbocycles. The minimum absolute atomic E-state index is 0.0348. The number of rotatable bonds is 7. The summed E-state index contributed by atoms with van der Waals surface area (Å²) in [4.78, 5) is 22.9. The van der Waals surface area contributed by atoms with Gasteiger partial charge in [-0.1, -0.05) is 6.07 Å². The zero-order valence-corrected chi connectivity index (χ0v) is 15.7. The summed E-state index contributed by atoms with van der Waals surface area (Å²) in [6, 6.07) is 11.2. The summed E-state index contributed by atoms with van der Waals surface area (Å²) in [7, 11) is 1.58. The topological polar surface area (TPSA) is 103 Å². The van der Waals surface area contributed by atoms with Gasteiger partial charge in [0, 0.05) is 18.7 Å². The van der Waals surface area contributed by atoms with Crippen LogP contribution in [-0.4, -0.2) is 36.3 Å². The van der Waals surface area contributed by atoms with Gasteiger partial charge in [-0.25, -0.2) is 0 Å². The minimum atomic E-state index is -0.512. The van der Waals surface area contributed by atoms with Crippen molar-refractivity contribution >= 4 is 34.6 Å². The molecule has 0 aliphatic rings. The zero-order valence-electron chi connectivity index (χ0n) is 14.9. The fraction of sp³-hybridized carbons (Fsp3) is 0.222. The fourth-order valence-corrected chi connectivity index (χ4v) is 2.38. The molecule has 142 valence electrons. The van der Waals surface area contributed by atoms with E-state index < -0.39 is 10.8 Å². The van der Waals surface area contributed by atoms with Crippen molar-refractivity contribution in [2.75, 3.05) is 25.6 Å². The molecule has 0 saturated heterocycles. The van der Waals surface area contributed by atoms with Crippen LogP contribution in [0, 0.1) is 17.0 Å². The molecular weight excluding hydrogens is 370 g/mol. The van der Waals surface area contributed by atoms with Crippen molar-refractivity contribution in [1.82, 2.24) is 5.32 Å². The number of methoxy groups -OCH3 is 1. The summed E-state index contributed by atoms with van der Waals surface area (Å²) in [6.07, 6.45) is 0. The van der Waals surface area contributed by atoms with Gasteiger partial charge in [0.05, 0.1) is 11.5 Å². The lowest BCUT2D eigenvalue weighted by molar-refractivity contribution is -0.383. The molecule has 0 aliphatic heterocycles. The predicted octanol–water partition coefficient (Wildman–Crippen LogP) is 3.06. The van der Waals surface area contributed by atoms with E-state index >= 15 is 0 Å². The number of ether oxygens (including phenoxy) is 2. The molecule has 0 radical (unpaired) electrons. The van der Waals surface area contributed by atoms with Crippen LogP contribution in [0.1, 0.15) is 15.9 Å². The van der Waals surface area contributed by atoms with Crippen LogP contribution in [0.15, 0.2) is 42.5 Å². The van der Waals surface area contributed by atoms with E-state index in [9.17, 15) is 14.9 Å². The highest BCUT2D eigenvalue weighted by Crippen LogP contribution is 2.25. The van der Waals surface area contributed by atoms with Crippen molar-refractivity contribution < 1.29 is 19.2 Å². The van der Waals surface area contributed by atoms with Gasteiger partial charge in [0.25, 0.3) is 11.6 Å². The quantitative estimate of drug-likeness (QED) is 0.325. The molecule has 27 heavy (non-hydrogen) atoms. The van der Waals surface area contributed by atoms with Gasteiger partial charge in [-0.15, -0.1) is 0 Å². The van der Waals surface area contributed by atoms with Gasteiger partial charge in [-0.3, -0.25) is 20.2 Å². The lowest BCUT2D eigenvalue weighted by Crippen LogP contribution is -2.34. The first kappa shape index (κ1) is 20.3. The van der Waals surface area contributed by atoms with Crippen LogP contribution in [0.5, 0.6) is 5.75 Å². The number of nitro benzene ring substituents is 1. The normalized spacial score (nSPS) is 10.1. The standard InChI is InChI=1S/C18H19N3O5S/c1-12-3-8-15(16(11-12)21(23)24)19-18(27)20-17(22)13-4-6-14(7-5-13)26-10-9-25-2/h3-8,11H,9-10H2,1-2H3,(H2,19,20,22,27). The SMILES string of the molecule is COCCOc1ccc(C(=O)NC(=S)Nc2ccc(C)cc2[N+](=O)[O-])cc1. The fourth-order valence-electron chi connectivity index (χ4n) is 2.17. The minimum Gasteiger partial charge on any atom is -0.491 e. The third-order valence-electron chi connectivity index (χ3n) is 3.50. The molecular formula is C18H19N3O5S. The third-order valence-corrected chi connectivity index (χ3v) is 3.70. The van der Waals surface area contributed by atoms with Gasteiger partial charge in [-0.2, -0.15) is 0 Å². The van der Waals surface area contributed by atoms with Gasteiger partial charge >= 0.3 is 0 Å². The third kappa shape index (κ3) is 6.01. The Morgan fingerprint density at radius 2 is 1.89 bits per heavy atom. The number of carbonyl (C=O) groups is 1. The second-order valence-corrected chi connectivity index (χ2v) is 5.96. The number of aryl methyl sites for hydroxylation is 1. The molecule has 2 N–H and O–H groups in total. The molecule has 0 aliphatic carbocycles. The van der Waals surface area contributed by atoms with Crippen LogP contribution in [0.2, 0.25) is 0 Å². The van der Waals surface area contributed by atoms with Crippen LogP contribution in [0.3, 0.4) is 0 Å². The van der Waals surface area contributed by atoms with Crippen LogP contribution >= 0.6 is 12.2 Å². The van der Waals surface area contributed by atoms with Gasteiger partial charge in [0.2, 0.25) is 0 Å². The molecule has 2 rings (SSSR count). The van der Waals surface area contributed by atoms with Crippen LogP contribution < -0.4 is 15.4 Å². The number of nitro groups is 1. The van der Waals surface area contributed by atoms with Crippen molar-refractivity contribution in [2.24, 2.45) is 0 Å². The number of nitrogens with zero attached hydrogens (tertiary/aromatic N) is 1. The summed E-state index contributed by atoms with van der Waals surface area (Å²) < 4.78 is 10.3. The number of thiocarbonyl (C=S) groups is 1. The number of anilines is 1. The average molecular weight is 389 g/mol. The van der Waals surface area contributed by atoms with Crippen molar-refractivity contribution in [2.45, 2.75) is 6.92 Å². The van der Waals surface area contributed by atoms with Gasteiger partial charge in [-0.05, 0) is 55.0 Å².